The van der Waals surface area contributed by atoms with Crippen molar-refractivity contribution in [2.24, 2.45) is 0 Å². The molecule has 1 aromatic rings. The summed E-state index contributed by atoms with van der Waals surface area (Å²) in [5, 5.41) is 9.68. The Morgan fingerprint density at radius 1 is 1.45 bits per heavy atom. The number of piperidine rings is 1. The Kier molecular flexibility index (Phi) is 3.02. The van der Waals surface area contributed by atoms with Crippen molar-refractivity contribution in [3.8, 4) is 0 Å². The lowest BCUT2D eigenvalue weighted by Gasteiger charge is -2.53. The van der Waals surface area contributed by atoms with E-state index in [1.165, 1.54) is 11.1 Å². The Balaban J connectivity index is 1.80. The molecule has 4 heteroatoms. The van der Waals surface area contributed by atoms with Gasteiger partial charge in [-0.05, 0) is 36.8 Å². The SMILES string of the molecule is CCC12CCC(CC3(C1)OCCc1ccccc13)N2C(=O)O. The van der Waals surface area contributed by atoms with Crippen LogP contribution in [0.3, 0.4) is 0 Å². The van der Waals surface area contributed by atoms with Crippen LogP contribution >= 0.6 is 0 Å². The Labute approximate surface area is 131 Å². The van der Waals surface area contributed by atoms with Gasteiger partial charge in [-0.2, -0.15) is 0 Å². The van der Waals surface area contributed by atoms with Crippen LogP contribution in [0.2, 0.25) is 0 Å². The number of fused-ring (bicyclic) bond motifs is 4. The first-order valence-corrected chi connectivity index (χ1v) is 8.35. The first-order chi connectivity index (χ1) is 10.6. The van der Waals surface area contributed by atoms with Crippen molar-refractivity contribution < 1.29 is 14.6 Å². The summed E-state index contributed by atoms with van der Waals surface area (Å²) >= 11 is 0. The molecule has 3 unspecified atom stereocenters. The van der Waals surface area contributed by atoms with Crippen molar-refractivity contribution in [2.75, 3.05) is 6.61 Å². The number of rotatable bonds is 1. The predicted octanol–water partition coefficient (Wildman–Crippen LogP) is 3.54. The first-order valence-electron chi connectivity index (χ1n) is 8.35. The van der Waals surface area contributed by atoms with Gasteiger partial charge in [0.2, 0.25) is 0 Å². The standard InChI is InChI=1S/C18H23NO3/c1-2-17-9-7-14(19(17)16(20)21)11-18(12-17)15-6-4-3-5-13(15)8-10-22-18/h3-6,14H,2,7-12H2,1H3,(H,20,21). The summed E-state index contributed by atoms with van der Waals surface area (Å²) in [5.74, 6) is 0. The predicted molar refractivity (Wildman–Crippen MR) is 82.9 cm³/mol. The van der Waals surface area contributed by atoms with E-state index >= 15 is 0 Å². The van der Waals surface area contributed by atoms with Crippen molar-refractivity contribution in [3.63, 3.8) is 0 Å². The Hall–Kier alpha value is -1.55. The molecule has 1 amide bonds. The van der Waals surface area contributed by atoms with E-state index < -0.39 is 6.09 Å². The molecule has 4 rings (SSSR count). The van der Waals surface area contributed by atoms with Gasteiger partial charge in [-0.15, -0.1) is 0 Å². The van der Waals surface area contributed by atoms with Crippen LogP contribution in [0.1, 0.15) is 50.2 Å². The van der Waals surface area contributed by atoms with Gasteiger partial charge in [0.15, 0.2) is 0 Å². The minimum absolute atomic E-state index is 0.0948. The zero-order chi connectivity index (χ0) is 15.4. The van der Waals surface area contributed by atoms with Crippen LogP contribution in [0.25, 0.3) is 0 Å². The fourth-order valence-corrected chi connectivity index (χ4v) is 5.19. The van der Waals surface area contributed by atoms with E-state index in [-0.39, 0.29) is 17.2 Å². The lowest BCUT2D eigenvalue weighted by Crippen LogP contribution is -2.60. The molecule has 2 bridgehead atoms. The summed E-state index contributed by atoms with van der Waals surface area (Å²) in [5.41, 5.74) is 2.15. The normalized spacial score (nSPS) is 36.4. The van der Waals surface area contributed by atoms with Crippen LogP contribution in [-0.4, -0.2) is 34.3 Å². The summed E-state index contributed by atoms with van der Waals surface area (Å²) in [6.07, 6.45) is 4.60. The Bertz CT molecular complexity index is 616. The summed E-state index contributed by atoms with van der Waals surface area (Å²) in [6.45, 7) is 2.86. The fraction of sp³-hybridized carbons (Fsp3) is 0.611. The smallest absolute Gasteiger partial charge is 0.408 e. The molecule has 3 aliphatic rings. The number of amides is 1. The Morgan fingerprint density at radius 3 is 3.05 bits per heavy atom. The van der Waals surface area contributed by atoms with Crippen LogP contribution in [0.15, 0.2) is 24.3 Å². The van der Waals surface area contributed by atoms with Gasteiger partial charge < -0.3 is 9.84 Å². The number of hydrogen-bond donors (Lipinski definition) is 1. The maximum absolute atomic E-state index is 11.8. The molecule has 3 atom stereocenters. The van der Waals surface area contributed by atoms with Crippen molar-refractivity contribution in [2.45, 2.75) is 62.6 Å². The third kappa shape index (κ3) is 1.76. The first kappa shape index (κ1) is 14.1. The average Bonchev–Trinajstić information content (AvgIpc) is 2.78. The van der Waals surface area contributed by atoms with Crippen LogP contribution in [0.5, 0.6) is 0 Å². The van der Waals surface area contributed by atoms with Crippen molar-refractivity contribution in [1.82, 2.24) is 4.90 Å². The van der Waals surface area contributed by atoms with E-state index in [4.69, 9.17) is 4.74 Å². The molecule has 22 heavy (non-hydrogen) atoms. The van der Waals surface area contributed by atoms with Crippen LogP contribution in [0, 0.1) is 0 Å². The monoisotopic (exact) mass is 301 g/mol. The minimum Gasteiger partial charge on any atom is -0.465 e. The molecule has 1 aromatic carbocycles. The zero-order valence-corrected chi connectivity index (χ0v) is 13.0. The highest BCUT2D eigenvalue weighted by Crippen LogP contribution is 2.56. The highest BCUT2D eigenvalue weighted by atomic mass is 16.5. The fourth-order valence-electron chi connectivity index (χ4n) is 5.19. The van der Waals surface area contributed by atoms with E-state index in [2.05, 4.69) is 31.2 Å². The average molecular weight is 301 g/mol. The second-order valence-corrected chi connectivity index (χ2v) is 7.05. The highest BCUT2D eigenvalue weighted by Gasteiger charge is 2.59. The third-order valence-electron chi connectivity index (χ3n) is 6.12. The van der Waals surface area contributed by atoms with Crippen molar-refractivity contribution >= 4 is 6.09 Å². The third-order valence-corrected chi connectivity index (χ3v) is 6.12. The maximum atomic E-state index is 11.8. The van der Waals surface area contributed by atoms with Gasteiger partial charge in [0, 0.05) is 24.4 Å². The highest BCUT2D eigenvalue weighted by molar-refractivity contribution is 5.68. The van der Waals surface area contributed by atoms with Crippen LogP contribution < -0.4 is 0 Å². The van der Waals surface area contributed by atoms with Gasteiger partial charge in [-0.3, -0.25) is 4.90 Å². The van der Waals surface area contributed by atoms with E-state index in [1.54, 1.807) is 4.90 Å². The van der Waals surface area contributed by atoms with Crippen molar-refractivity contribution in [3.05, 3.63) is 35.4 Å². The molecule has 3 heterocycles. The lowest BCUT2D eigenvalue weighted by atomic mass is 9.71. The maximum Gasteiger partial charge on any atom is 0.408 e. The number of carboxylic acid groups (broad SMARTS) is 1. The lowest BCUT2D eigenvalue weighted by molar-refractivity contribution is -0.134. The molecule has 2 saturated heterocycles. The number of benzene rings is 1. The Morgan fingerprint density at radius 2 is 2.27 bits per heavy atom. The van der Waals surface area contributed by atoms with Crippen LogP contribution in [-0.2, 0) is 16.8 Å². The largest absolute Gasteiger partial charge is 0.465 e. The summed E-state index contributed by atoms with van der Waals surface area (Å²) in [7, 11) is 0. The quantitative estimate of drug-likeness (QED) is 0.863. The topological polar surface area (TPSA) is 49.8 Å². The van der Waals surface area contributed by atoms with Gasteiger partial charge in [0.25, 0.3) is 0 Å². The van der Waals surface area contributed by atoms with Gasteiger partial charge in [-0.25, -0.2) is 4.79 Å². The van der Waals surface area contributed by atoms with Crippen LogP contribution in [0.4, 0.5) is 4.79 Å². The summed E-state index contributed by atoms with van der Waals surface area (Å²) < 4.78 is 6.35. The molecular weight excluding hydrogens is 278 g/mol. The van der Waals surface area contributed by atoms with Gasteiger partial charge >= 0.3 is 6.09 Å². The van der Waals surface area contributed by atoms with E-state index in [1.807, 2.05) is 0 Å². The minimum atomic E-state index is -0.761. The van der Waals surface area contributed by atoms with Gasteiger partial charge in [0.1, 0.15) is 0 Å². The molecule has 1 N–H and O–H groups in total. The van der Waals surface area contributed by atoms with Gasteiger partial charge in [-0.1, -0.05) is 31.2 Å². The summed E-state index contributed by atoms with van der Waals surface area (Å²) in [4.78, 5) is 13.5. The molecule has 2 fully saturated rings. The molecule has 4 nitrogen and oxygen atoms in total. The second-order valence-electron chi connectivity index (χ2n) is 7.05. The summed E-state index contributed by atoms with van der Waals surface area (Å²) in [6, 6.07) is 8.66. The molecule has 3 aliphatic heterocycles. The molecule has 118 valence electrons. The number of hydrogen-bond acceptors (Lipinski definition) is 2. The number of ether oxygens (including phenoxy) is 1. The van der Waals surface area contributed by atoms with E-state index in [0.29, 0.717) is 0 Å². The molecular formula is C18H23NO3. The number of carbonyl (C=O) groups is 1. The van der Waals surface area contributed by atoms with Gasteiger partial charge in [0.05, 0.1) is 12.2 Å². The molecule has 0 saturated carbocycles. The van der Waals surface area contributed by atoms with E-state index in [9.17, 15) is 9.90 Å². The van der Waals surface area contributed by atoms with E-state index in [0.717, 1.165) is 45.1 Å². The molecule has 1 spiro atoms. The molecule has 0 aliphatic carbocycles. The molecule has 0 aromatic heterocycles. The molecule has 0 radical (unpaired) electrons. The van der Waals surface area contributed by atoms with Crippen molar-refractivity contribution in [1.29, 1.82) is 0 Å². The zero-order valence-electron chi connectivity index (χ0n) is 13.0. The second kappa shape index (κ2) is 4.72. The number of nitrogens with zero attached hydrogens (tertiary/aromatic N) is 1.